The molecule has 0 aliphatic heterocycles. The molecule has 7 nitrogen and oxygen atoms in total. The van der Waals surface area contributed by atoms with Gasteiger partial charge in [0.15, 0.2) is 0 Å². The largest absolute Gasteiger partial charge is 0.474 e. The van der Waals surface area contributed by atoms with E-state index in [1.54, 1.807) is 18.7 Å². The number of aliphatic hydroxyl groups is 1. The molecular formula is C26H36N2O5S. The summed E-state index contributed by atoms with van der Waals surface area (Å²) >= 11 is 1.65. The fraction of sp³-hybridized carbons (Fsp3) is 0.808. The predicted molar refractivity (Wildman–Crippen MR) is 127 cm³/mol. The van der Waals surface area contributed by atoms with Crippen LogP contribution in [0.25, 0.3) is 0 Å². The molecule has 0 aromatic carbocycles. The summed E-state index contributed by atoms with van der Waals surface area (Å²) in [6.45, 7) is 1.93. The Morgan fingerprint density at radius 2 is 1.85 bits per heavy atom. The number of ketones is 1. The molecule has 8 heteroatoms. The number of carbonyl (C=O) groups excluding carboxylic acids is 2. The van der Waals surface area contributed by atoms with E-state index in [2.05, 4.69) is 10.5 Å². The van der Waals surface area contributed by atoms with Crippen LogP contribution in [0.5, 0.6) is 5.88 Å². The second-order valence-electron chi connectivity index (χ2n) is 11.8. The minimum absolute atomic E-state index is 0.0825. The quantitative estimate of drug-likeness (QED) is 0.555. The zero-order valence-electron chi connectivity index (χ0n) is 20.0. The Morgan fingerprint density at radius 1 is 1.15 bits per heavy atom. The Labute approximate surface area is 205 Å². The number of thioether (sulfide) groups is 1. The van der Waals surface area contributed by atoms with Crippen molar-refractivity contribution >= 4 is 23.5 Å². The Kier molecular flexibility index (Phi) is 5.75. The topological polar surface area (TPSA) is 102 Å². The fourth-order valence-corrected chi connectivity index (χ4v) is 8.96. The molecule has 1 heterocycles. The van der Waals surface area contributed by atoms with Gasteiger partial charge in [-0.1, -0.05) is 19.3 Å². The van der Waals surface area contributed by atoms with Gasteiger partial charge in [-0.25, -0.2) is 0 Å². The second kappa shape index (κ2) is 8.54. The lowest BCUT2D eigenvalue weighted by molar-refractivity contribution is -0.137. The summed E-state index contributed by atoms with van der Waals surface area (Å²) in [6.07, 6.45) is 12.0. The number of ether oxygens (including phenoxy) is 1. The summed E-state index contributed by atoms with van der Waals surface area (Å²) in [4.78, 5) is 26.4. The zero-order valence-corrected chi connectivity index (χ0v) is 20.8. The number of amides is 1. The second-order valence-corrected chi connectivity index (χ2v) is 13.2. The van der Waals surface area contributed by atoms with E-state index in [4.69, 9.17) is 9.26 Å². The van der Waals surface area contributed by atoms with Gasteiger partial charge in [0.25, 0.3) is 11.8 Å². The van der Waals surface area contributed by atoms with Gasteiger partial charge in [0, 0.05) is 11.3 Å². The highest BCUT2D eigenvalue weighted by Gasteiger charge is 2.55. The number of carbonyl (C=O) groups is 2. The highest BCUT2D eigenvalue weighted by Crippen LogP contribution is 2.56. The lowest BCUT2D eigenvalue weighted by Gasteiger charge is -2.58. The van der Waals surface area contributed by atoms with Crippen molar-refractivity contribution in [2.75, 3.05) is 6.61 Å². The number of nitrogens with one attached hydrogen (secondary N) is 1. The Morgan fingerprint density at radius 3 is 2.44 bits per heavy atom. The summed E-state index contributed by atoms with van der Waals surface area (Å²) in [6, 6.07) is 0.0825. The van der Waals surface area contributed by atoms with Crippen LogP contribution in [0.3, 0.4) is 0 Å². The van der Waals surface area contributed by atoms with Crippen molar-refractivity contribution in [3.05, 3.63) is 5.76 Å². The fourth-order valence-electron chi connectivity index (χ4n) is 7.62. The number of hydrogen-bond acceptors (Lipinski definition) is 7. The van der Waals surface area contributed by atoms with Crippen LogP contribution >= 0.6 is 11.8 Å². The summed E-state index contributed by atoms with van der Waals surface area (Å²) < 4.78 is 11.7. The number of hydrogen-bond donors (Lipinski definition) is 2. The molecule has 2 atom stereocenters. The van der Waals surface area contributed by atoms with E-state index in [-0.39, 0.29) is 23.5 Å². The van der Waals surface area contributed by atoms with Crippen molar-refractivity contribution in [2.24, 2.45) is 23.2 Å². The molecule has 2 N–H and O–H groups in total. The maximum absolute atomic E-state index is 13.5. The third-order valence-corrected chi connectivity index (χ3v) is 10.9. The zero-order chi connectivity index (χ0) is 23.5. The lowest BCUT2D eigenvalue weighted by Crippen LogP contribution is -2.61. The van der Waals surface area contributed by atoms with Crippen molar-refractivity contribution in [3.63, 3.8) is 0 Å². The Hall–Kier alpha value is -1.54. The smallest absolute Gasteiger partial charge is 0.291 e. The van der Waals surface area contributed by atoms with Crippen molar-refractivity contribution in [1.29, 1.82) is 0 Å². The van der Waals surface area contributed by atoms with E-state index in [0.29, 0.717) is 40.4 Å². The molecule has 0 spiro atoms. The van der Waals surface area contributed by atoms with Crippen LogP contribution in [0, 0.1) is 23.2 Å². The minimum atomic E-state index is -0.525. The van der Waals surface area contributed by atoms with E-state index < -0.39 is 11.0 Å². The third kappa shape index (κ3) is 3.98. The summed E-state index contributed by atoms with van der Waals surface area (Å²) in [5, 5.41) is 18.8. The van der Waals surface area contributed by atoms with Crippen LogP contribution in [0.2, 0.25) is 0 Å². The average Bonchev–Trinajstić information content (AvgIpc) is 3.39. The SMILES string of the molecule is CC(=O)C1(COc2noc(C(=O)NC3C4CC5CC3CC(O)(C5)C4)c2SC2CCCC2)CCC1. The molecular weight excluding hydrogens is 452 g/mol. The predicted octanol–water partition coefficient (Wildman–Crippen LogP) is 4.52. The lowest BCUT2D eigenvalue weighted by atomic mass is 9.52. The van der Waals surface area contributed by atoms with Gasteiger partial charge in [-0.2, -0.15) is 0 Å². The van der Waals surface area contributed by atoms with Crippen LogP contribution in [0.15, 0.2) is 9.42 Å². The Bertz CT molecular complexity index is 950. The molecule has 0 saturated heterocycles. The molecule has 1 aromatic rings. The van der Waals surface area contributed by atoms with Crippen LogP contribution < -0.4 is 10.1 Å². The monoisotopic (exact) mass is 488 g/mol. The van der Waals surface area contributed by atoms with Gasteiger partial charge in [0.2, 0.25) is 5.76 Å². The highest BCUT2D eigenvalue weighted by atomic mass is 32.2. The van der Waals surface area contributed by atoms with Crippen LogP contribution in [0.4, 0.5) is 0 Å². The van der Waals surface area contributed by atoms with Crippen LogP contribution in [-0.2, 0) is 4.79 Å². The number of rotatable bonds is 8. The number of aromatic nitrogens is 1. The maximum atomic E-state index is 13.5. The van der Waals surface area contributed by atoms with Gasteiger partial charge in [-0.15, -0.1) is 11.8 Å². The molecule has 0 radical (unpaired) electrons. The van der Waals surface area contributed by atoms with E-state index in [1.807, 2.05) is 0 Å². The average molecular weight is 489 g/mol. The van der Waals surface area contributed by atoms with E-state index in [9.17, 15) is 14.7 Å². The van der Waals surface area contributed by atoms with Crippen molar-refractivity contribution in [3.8, 4) is 5.88 Å². The van der Waals surface area contributed by atoms with Crippen LogP contribution in [0.1, 0.15) is 94.5 Å². The molecule has 4 bridgehead atoms. The van der Waals surface area contributed by atoms with Gasteiger partial charge in [-0.05, 0) is 87.6 Å². The first-order valence-electron chi connectivity index (χ1n) is 13.2. The number of Topliss-reactive ketones (excluding diaryl/α,β-unsaturated/α-hetero) is 1. The van der Waals surface area contributed by atoms with Gasteiger partial charge in [-0.3, -0.25) is 9.59 Å². The molecule has 34 heavy (non-hydrogen) atoms. The first-order chi connectivity index (χ1) is 16.3. The van der Waals surface area contributed by atoms with Gasteiger partial charge < -0.3 is 19.7 Å². The molecule has 1 aromatic heterocycles. The molecule has 6 fully saturated rings. The van der Waals surface area contributed by atoms with Gasteiger partial charge in [0.05, 0.1) is 11.0 Å². The van der Waals surface area contributed by atoms with Crippen molar-refractivity contribution in [2.45, 2.75) is 106 Å². The molecule has 7 rings (SSSR count). The summed E-state index contributed by atoms with van der Waals surface area (Å²) in [7, 11) is 0. The van der Waals surface area contributed by atoms with Crippen molar-refractivity contribution in [1.82, 2.24) is 10.5 Å². The standard InChI is InChI=1S/C26H36N2O5S/c1-15(29)25(7-4-8-25)14-32-24-22(34-19-5-2-3-6-19)21(33-28-24)23(30)27-20-17-9-16-10-18(20)13-26(31,11-16)12-17/h16-20,31H,2-14H2,1H3,(H,27,30). The third-order valence-electron chi connectivity index (χ3n) is 9.49. The molecule has 6 aliphatic rings. The maximum Gasteiger partial charge on any atom is 0.291 e. The highest BCUT2D eigenvalue weighted by molar-refractivity contribution is 8.00. The van der Waals surface area contributed by atoms with E-state index >= 15 is 0 Å². The first kappa shape index (κ1) is 22.9. The summed E-state index contributed by atoms with van der Waals surface area (Å²) in [5.74, 6) is 1.79. The van der Waals surface area contributed by atoms with E-state index in [0.717, 1.165) is 64.2 Å². The Balaban J connectivity index is 1.20. The molecule has 2 unspecified atom stereocenters. The summed E-state index contributed by atoms with van der Waals surface area (Å²) in [5.41, 5.74) is -0.944. The van der Waals surface area contributed by atoms with E-state index in [1.165, 1.54) is 12.8 Å². The normalized spacial score (nSPS) is 35.8. The van der Waals surface area contributed by atoms with Crippen LogP contribution in [-0.4, -0.2) is 45.5 Å². The molecule has 1 amide bonds. The van der Waals surface area contributed by atoms with Gasteiger partial charge >= 0.3 is 0 Å². The minimum Gasteiger partial charge on any atom is -0.474 e. The molecule has 186 valence electrons. The number of nitrogens with zero attached hydrogens (tertiary/aromatic N) is 1. The first-order valence-corrected chi connectivity index (χ1v) is 14.1. The van der Waals surface area contributed by atoms with Crippen molar-refractivity contribution < 1.29 is 24.0 Å². The molecule has 6 saturated carbocycles. The van der Waals surface area contributed by atoms with Gasteiger partial charge in [0.1, 0.15) is 17.3 Å². The molecule has 6 aliphatic carbocycles.